The fourth-order valence-electron chi connectivity index (χ4n) is 5.40. The molecule has 0 spiro atoms. The van der Waals surface area contributed by atoms with Gasteiger partial charge in [0.25, 0.3) is 0 Å². The lowest BCUT2D eigenvalue weighted by Crippen LogP contribution is -2.58. The van der Waals surface area contributed by atoms with Gasteiger partial charge in [-0.2, -0.15) is 0 Å². The molecular weight excluding hydrogens is 456 g/mol. The Morgan fingerprint density at radius 1 is 1.17 bits per heavy atom. The second kappa shape index (κ2) is 12.7. The largest absolute Gasteiger partial charge is 0.344 e. The summed E-state index contributed by atoms with van der Waals surface area (Å²) in [5.41, 5.74) is 2.38. The van der Waals surface area contributed by atoms with Gasteiger partial charge >= 0.3 is 0 Å². The van der Waals surface area contributed by atoms with Gasteiger partial charge in [0, 0.05) is 32.2 Å². The molecule has 8 heteroatoms. The molecule has 1 aromatic carbocycles. The molecule has 2 atom stereocenters. The van der Waals surface area contributed by atoms with Crippen molar-refractivity contribution in [3.63, 3.8) is 0 Å². The van der Waals surface area contributed by atoms with Crippen LogP contribution in [0.15, 0.2) is 24.3 Å². The number of rotatable bonds is 10. The van der Waals surface area contributed by atoms with Crippen molar-refractivity contribution < 1.29 is 19.6 Å². The first-order chi connectivity index (χ1) is 17.1. The number of nitrogens with one attached hydrogen (secondary N) is 1. The highest BCUT2D eigenvalue weighted by atomic mass is 16.5. The summed E-state index contributed by atoms with van der Waals surface area (Å²) in [5, 5.41) is 13.2. The monoisotopic (exact) mass is 500 g/mol. The third kappa shape index (κ3) is 7.29. The van der Waals surface area contributed by atoms with Crippen molar-refractivity contribution in [2.24, 2.45) is 11.3 Å². The van der Waals surface area contributed by atoms with E-state index in [4.69, 9.17) is 0 Å². The van der Waals surface area contributed by atoms with Crippen LogP contribution in [0.4, 0.5) is 0 Å². The van der Waals surface area contributed by atoms with Gasteiger partial charge in [-0.1, -0.05) is 64.8 Å². The summed E-state index contributed by atoms with van der Waals surface area (Å²) in [5.74, 6) is -0.909. The highest BCUT2D eigenvalue weighted by molar-refractivity contribution is 5.89. The molecule has 0 aliphatic carbocycles. The molecule has 8 nitrogen and oxygen atoms in total. The highest BCUT2D eigenvalue weighted by Gasteiger charge is 2.39. The first-order valence-electron chi connectivity index (χ1n) is 13.4. The maximum Gasteiger partial charge on any atom is 0.245 e. The summed E-state index contributed by atoms with van der Waals surface area (Å²) in [7, 11) is 0. The highest BCUT2D eigenvalue weighted by Crippen LogP contribution is 2.27. The molecule has 0 aromatic heterocycles. The Kier molecular flexibility index (Phi) is 9.91. The molecule has 0 unspecified atom stereocenters. The smallest absolute Gasteiger partial charge is 0.245 e. The summed E-state index contributed by atoms with van der Waals surface area (Å²) >= 11 is 0. The summed E-state index contributed by atoms with van der Waals surface area (Å²) < 4.78 is 0. The summed E-state index contributed by atoms with van der Waals surface area (Å²) in [6.07, 6.45) is 5.48. The second-order valence-electron chi connectivity index (χ2n) is 11.4. The molecule has 2 heterocycles. The van der Waals surface area contributed by atoms with E-state index < -0.39 is 17.4 Å². The number of hydrogen-bond donors (Lipinski definition) is 2. The van der Waals surface area contributed by atoms with Crippen LogP contribution in [-0.2, 0) is 27.3 Å². The summed E-state index contributed by atoms with van der Waals surface area (Å²) in [4.78, 5) is 42.2. The van der Waals surface area contributed by atoms with E-state index in [2.05, 4.69) is 34.5 Å². The van der Waals surface area contributed by atoms with Crippen LogP contribution in [-0.4, -0.2) is 76.6 Å². The minimum Gasteiger partial charge on any atom is -0.344 e. The Morgan fingerprint density at radius 2 is 1.83 bits per heavy atom. The summed E-state index contributed by atoms with van der Waals surface area (Å²) in [6.45, 7) is 11.2. The lowest BCUT2D eigenvalue weighted by Gasteiger charge is -2.42. The first-order valence-corrected chi connectivity index (χ1v) is 13.4. The third-order valence-corrected chi connectivity index (χ3v) is 7.66. The van der Waals surface area contributed by atoms with Crippen LogP contribution in [0, 0.1) is 11.3 Å². The van der Waals surface area contributed by atoms with E-state index in [1.165, 1.54) is 11.1 Å². The van der Waals surface area contributed by atoms with Crippen LogP contribution in [0.25, 0.3) is 0 Å². The van der Waals surface area contributed by atoms with E-state index in [9.17, 15) is 19.6 Å². The zero-order valence-corrected chi connectivity index (χ0v) is 22.4. The number of carbonyl (C=O) groups excluding carboxylic acids is 3. The molecule has 1 fully saturated rings. The molecule has 200 valence electrons. The maximum atomic E-state index is 13.6. The average molecular weight is 501 g/mol. The number of nitrogens with zero attached hydrogens (tertiary/aromatic N) is 3. The number of fused-ring (bicyclic) bond motifs is 1. The van der Waals surface area contributed by atoms with Crippen molar-refractivity contribution in [3.8, 4) is 0 Å². The van der Waals surface area contributed by atoms with Crippen LogP contribution in [0.2, 0.25) is 0 Å². The number of amides is 3. The molecule has 3 rings (SSSR count). The van der Waals surface area contributed by atoms with Crippen molar-refractivity contribution in [1.29, 1.82) is 0 Å². The van der Waals surface area contributed by atoms with Gasteiger partial charge < -0.3 is 10.2 Å². The number of hydroxylamine groups is 2. The Morgan fingerprint density at radius 3 is 2.44 bits per heavy atom. The molecule has 0 radical (unpaired) electrons. The molecule has 0 saturated carbocycles. The van der Waals surface area contributed by atoms with Gasteiger partial charge in [-0.05, 0) is 42.2 Å². The Hall–Kier alpha value is -2.45. The van der Waals surface area contributed by atoms with Gasteiger partial charge in [0.15, 0.2) is 0 Å². The predicted octanol–water partition coefficient (Wildman–Crippen LogP) is 3.22. The predicted molar refractivity (Wildman–Crippen MR) is 139 cm³/mol. The van der Waals surface area contributed by atoms with Crippen molar-refractivity contribution in [2.75, 3.05) is 26.2 Å². The van der Waals surface area contributed by atoms with Crippen molar-refractivity contribution in [1.82, 2.24) is 20.2 Å². The van der Waals surface area contributed by atoms with Crippen LogP contribution in [0.1, 0.15) is 70.9 Å². The van der Waals surface area contributed by atoms with Crippen LogP contribution >= 0.6 is 0 Å². The standard InChI is InChI=1S/C28H44N4O4/c1-5-6-9-23(19-32(36)20-33)26(34)29-25(28(2,3)4)27(35)30-16-13-24(14-17-30)31-15-12-21-10-7-8-11-22(21)18-31/h7-8,10-11,20,23-25,36H,5-6,9,12-19H2,1-4H3,(H,29,34)/t23-,25-/m1/s1. The van der Waals surface area contributed by atoms with E-state index >= 15 is 0 Å². The number of piperidine rings is 1. The van der Waals surface area contributed by atoms with Crippen molar-refractivity contribution in [2.45, 2.75) is 84.8 Å². The zero-order valence-electron chi connectivity index (χ0n) is 22.4. The van der Waals surface area contributed by atoms with Crippen LogP contribution in [0.3, 0.4) is 0 Å². The molecule has 2 aliphatic rings. The molecule has 1 saturated heterocycles. The number of carbonyl (C=O) groups is 3. The quantitative estimate of drug-likeness (QED) is 0.292. The number of benzene rings is 1. The minimum absolute atomic E-state index is 0.0521. The Labute approximate surface area is 216 Å². The number of unbranched alkanes of at least 4 members (excludes halogenated alkanes) is 1. The molecule has 0 bridgehead atoms. The number of hydrogen-bond acceptors (Lipinski definition) is 5. The fraction of sp³-hybridized carbons (Fsp3) is 0.679. The topological polar surface area (TPSA) is 93.2 Å². The maximum absolute atomic E-state index is 13.6. The molecular formula is C28H44N4O4. The lowest BCUT2D eigenvalue weighted by molar-refractivity contribution is -0.155. The summed E-state index contributed by atoms with van der Waals surface area (Å²) in [6, 6.07) is 8.44. The fourth-order valence-corrected chi connectivity index (χ4v) is 5.40. The van der Waals surface area contributed by atoms with E-state index in [0.29, 0.717) is 37.0 Å². The van der Waals surface area contributed by atoms with Gasteiger partial charge in [-0.3, -0.25) is 24.5 Å². The van der Waals surface area contributed by atoms with Gasteiger partial charge in [0.05, 0.1) is 12.5 Å². The number of likely N-dealkylation sites (tertiary alicyclic amines) is 1. The van der Waals surface area contributed by atoms with E-state index in [-0.39, 0.29) is 18.4 Å². The van der Waals surface area contributed by atoms with Crippen molar-refractivity contribution >= 4 is 18.2 Å². The average Bonchev–Trinajstić information content (AvgIpc) is 2.88. The van der Waals surface area contributed by atoms with E-state index in [1.54, 1.807) is 0 Å². The zero-order chi connectivity index (χ0) is 26.3. The lowest BCUT2D eigenvalue weighted by atomic mass is 9.84. The van der Waals surface area contributed by atoms with E-state index in [0.717, 1.165) is 45.2 Å². The third-order valence-electron chi connectivity index (χ3n) is 7.66. The normalized spacial score (nSPS) is 18.8. The molecule has 2 aliphatic heterocycles. The van der Waals surface area contributed by atoms with Crippen molar-refractivity contribution in [3.05, 3.63) is 35.4 Å². The Bertz CT molecular complexity index is 892. The van der Waals surface area contributed by atoms with Gasteiger partial charge in [0.2, 0.25) is 18.2 Å². The minimum atomic E-state index is -0.670. The Balaban J connectivity index is 1.61. The van der Waals surface area contributed by atoms with E-state index in [1.807, 2.05) is 32.6 Å². The SMILES string of the molecule is CCCC[C@H](CN(O)C=O)C(=O)N[C@H](C(=O)N1CCC(N2CCc3ccccc3C2)CC1)C(C)(C)C. The molecule has 36 heavy (non-hydrogen) atoms. The van der Waals surface area contributed by atoms with Gasteiger partial charge in [-0.15, -0.1) is 0 Å². The van der Waals surface area contributed by atoms with Gasteiger partial charge in [-0.25, -0.2) is 5.06 Å². The van der Waals surface area contributed by atoms with Crippen LogP contribution in [0.5, 0.6) is 0 Å². The molecule has 3 amide bonds. The molecule has 1 aromatic rings. The van der Waals surface area contributed by atoms with Gasteiger partial charge in [0.1, 0.15) is 6.04 Å². The molecule has 2 N–H and O–H groups in total. The van der Waals surface area contributed by atoms with Crippen LogP contribution < -0.4 is 5.32 Å². The first kappa shape index (κ1) is 28.1. The second-order valence-corrected chi connectivity index (χ2v) is 11.4.